The molecule has 1 aromatic heterocycles. The fourth-order valence-corrected chi connectivity index (χ4v) is 4.87. The van der Waals surface area contributed by atoms with E-state index in [1.165, 1.54) is 11.5 Å². The highest BCUT2D eigenvalue weighted by molar-refractivity contribution is 8.06. The first kappa shape index (κ1) is 15.2. The molecular formula is C13H23N3OS2. The number of aryl methyl sites for hydroxylation is 1. The Balaban J connectivity index is 1.87. The molecule has 3 unspecified atom stereocenters. The van der Waals surface area contributed by atoms with Crippen molar-refractivity contribution >= 4 is 23.5 Å². The Morgan fingerprint density at radius 1 is 1.42 bits per heavy atom. The summed E-state index contributed by atoms with van der Waals surface area (Å²) >= 11 is 3.95. The number of thioether (sulfide) groups is 2. The van der Waals surface area contributed by atoms with Crippen LogP contribution in [0.4, 0.5) is 0 Å². The van der Waals surface area contributed by atoms with Crippen LogP contribution in [-0.4, -0.2) is 39.5 Å². The summed E-state index contributed by atoms with van der Waals surface area (Å²) < 4.78 is 5.38. The molecular weight excluding hydrogens is 278 g/mol. The largest absolute Gasteiger partial charge is 0.339 e. The number of hydrogen-bond donors (Lipinski definition) is 1. The van der Waals surface area contributed by atoms with Gasteiger partial charge in [0.2, 0.25) is 5.89 Å². The van der Waals surface area contributed by atoms with Gasteiger partial charge in [-0.1, -0.05) is 19.0 Å². The Hall–Kier alpha value is -0.200. The van der Waals surface area contributed by atoms with Gasteiger partial charge in [0.1, 0.15) is 0 Å². The number of nitrogens with one attached hydrogen (secondary N) is 1. The molecule has 4 nitrogen and oxygen atoms in total. The second-order valence-corrected chi connectivity index (χ2v) is 7.65. The number of nitrogens with zero attached hydrogens (tertiary/aromatic N) is 2. The van der Waals surface area contributed by atoms with Gasteiger partial charge < -0.3 is 9.84 Å². The van der Waals surface area contributed by atoms with Gasteiger partial charge in [-0.05, 0) is 19.9 Å². The summed E-state index contributed by atoms with van der Waals surface area (Å²) in [5, 5.41) is 8.53. The lowest BCUT2D eigenvalue weighted by Gasteiger charge is -2.24. The Bertz CT molecular complexity index is 386. The number of aromatic nitrogens is 2. The van der Waals surface area contributed by atoms with Crippen molar-refractivity contribution in [2.45, 2.75) is 50.2 Å². The minimum Gasteiger partial charge on any atom is -0.339 e. The summed E-state index contributed by atoms with van der Waals surface area (Å²) in [5.74, 6) is 4.08. The topological polar surface area (TPSA) is 51.0 Å². The maximum atomic E-state index is 5.38. The zero-order chi connectivity index (χ0) is 13.7. The summed E-state index contributed by atoms with van der Waals surface area (Å²) in [6.07, 6.45) is 1.90. The fraction of sp³-hybridized carbons (Fsp3) is 0.846. The molecule has 1 fully saturated rings. The third kappa shape index (κ3) is 4.39. The Labute approximate surface area is 123 Å². The minimum atomic E-state index is 0.391. The van der Waals surface area contributed by atoms with Gasteiger partial charge in [-0.3, -0.25) is 0 Å². The highest BCUT2D eigenvalue weighted by atomic mass is 32.2. The van der Waals surface area contributed by atoms with E-state index < -0.39 is 0 Å². The lowest BCUT2D eigenvalue weighted by Crippen LogP contribution is -2.25. The van der Waals surface area contributed by atoms with Crippen LogP contribution in [0.1, 0.15) is 44.2 Å². The minimum absolute atomic E-state index is 0.391. The van der Waals surface area contributed by atoms with Crippen molar-refractivity contribution in [2.24, 2.45) is 0 Å². The van der Waals surface area contributed by atoms with Gasteiger partial charge in [-0.15, -0.1) is 11.8 Å². The van der Waals surface area contributed by atoms with E-state index >= 15 is 0 Å². The second kappa shape index (κ2) is 7.55. The highest BCUT2D eigenvalue weighted by Crippen LogP contribution is 2.41. The van der Waals surface area contributed by atoms with Crippen LogP contribution >= 0.6 is 23.5 Å². The summed E-state index contributed by atoms with van der Waals surface area (Å²) in [5.41, 5.74) is 0. The van der Waals surface area contributed by atoms with Crippen LogP contribution in [0.15, 0.2) is 4.52 Å². The van der Waals surface area contributed by atoms with Gasteiger partial charge in [0, 0.05) is 29.2 Å². The van der Waals surface area contributed by atoms with Crippen molar-refractivity contribution in [3.63, 3.8) is 0 Å². The molecule has 0 amide bonds. The van der Waals surface area contributed by atoms with E-state index in [4.69, 9.17) is 4.52 Å². The third-order valence-electron chi connectivity index (χ3n) is 3.27. The van der Waals surface area contributed by atoms with Gasteiger partial charge in [-0.2, -0.15) is 16.7 Å². The second-order valence-electron chi connectivity index (χ2n) is 4.91. The van der Waals surface area contributed by atoms with E-state index in [-0.39, 0.29) is 0 Å². The van der Waals surface area contributed by atoms with Crippen molar-refractivity contribution in [3.05, 3.63) is 11.7 Å². The highest BCUT2D eigenvalue weighted by Gasteiger charge is 2.28. The van der Waals surface area contributed by atoms with E-state index in [0.717, 1.165) is 31.1 Å². The Kier molecular flexibility index (Phi) is 6.04. The molecule has 0 bridgehead atoms. The van der Waals surface area contributed by atoms with Crippen LogP contribution in [0, 0.1) is 0 Å². The van der Waals surface area contributed by atoms with Crippen molar-refractivity contribution in [1.29, 1.82) is 0 Å². The van der Waals surface area contributed by atoms with E-state index in [1.807, 2.05) is 23.5 Å². The maximum Gasteiger partial charge on any atom is 0.226 e. The maximum absolute atomic E-state index is 5.38. The van der Waals surface area contributed by atoms with Crippen molar-refractivity contribution < 1.29 is 4.52 Å². The molecule has 0 aromatic carbocycles. The average Bonchev–Trinajstić information content (AvgIpc) is 2.86. The summed E-state index contributed by atoms with van der Waals surface area (Å²) in [6.45, 7) is 7.58. The van der Waals surface area contributed by atoms with E-state index in [1.54, 1.807) is 0 Å². The third-order valence-corrected chi connectivity index (χ3v) is 6.36. The smallest absolute Gasteiger partial charge is 0.226 e. The van der Waals surface area contributed by atoms with Crippen LogP contribution in [0.25, 0.3) is 0 Å². The SMILES string of the molecule is CCNC(C)CCc1nc(C2SCCSC2C)no1. The Morgan fingerprint density at radius 2 is 2.21 bits per heavy atom. The van der Waals surface area contributed by atoms with Crippen molar-refractivity contribution in [1.82, 2.24) is 15.5 Å². The standard InChI is InChI=1S/C13H23N3OS2/c1-4-14-9(2)5-6-11-15-13(16-17-11)12-10(3)18-7-8-19-12/h9-10,12,14H,4-8H2,1-3H3. The molecule has 1 saturated heterocycles. The van der Waals surface area contributed by atoms with Crippen LogP contribution in [-0.2, 0) is 6.42 Å². The molecule has 1 N–H and O–H groups in total. The lowest BCUT2D eigenvalue weighted by atomic mass is 10.2. The van der Waals surface area contributed by atoms with Crippen molar-refractivity contribution in [2.75, 3.05) is 18.1 Å². The predicted molar refractivity (Wildman–Crippen MR) is 82.9 cm³/mol. The summed E-state index contributed by atoms with van der Waals surface area (Å²) in [4.78, 5) is 4.58. The van der Waals surface area contributed by atoms with Crippen LogP contribution < -0.4 is 5.32 Å². The van der Waals surface area contributed by atoms with E-state index in [9.17, 15) is 0 Å². The van der Waals surface area contributed by atoms with E-state index in [0.29, 0.717) is 16.5 Å². The summed E-state index contributed by atoms with van der Waals surface area (Å²) in [6, 6.07) is 0.499. The predicted octanol–water partition coefficient (Wildman–Crippen LogP) is 2.91. The molecule has 0 aliphatic carbocycles. The van der Waals surface area contributed by atoms with Crippen LogP contribution in [0.2, 0.25) is 0 Å². The van der Waals surface area contributed by atoms with E-state index in [2.05, 4.69) is 36.2 Å². The zero-order valence-electron chi connectivity index (χ0n) is 11.9. The molecule has 108 valence electrons. The monoisotopic (exact) mass is 301 g/mol. The molecule has 3 atom stereocenters. The molecule has 19 heavy (non-hydrogen) atoms. The molecule has 1 aromatic rings. The molecule has 2 heterocycles. The summed E-state index contributed by atoms with van der Waals surface area (Å²) in [7, 11) is 0. The first-order valence-electron chi connectivity index (χ1n) is 6.99. The molecule has 0 saturated carbocycles. The first-order valence-corrected chi connectivity index (χ1v) is 9.09. The molecule has 6 heteroatoms. The van der Waals surface area contributed by atoms with Gasteiger partial charge in [0.05, 0.1) is 5.25 Å². The number of rotatable bonds is 6. The van der Waals surface area contributed by atoms with Gasteiger partial charge in [0.25, 0.3) is 0 Å². The van der Waals surface area contributed by atoms with Crippen LogP contribution in [0.3, 0.4) is 0 Å². The van der Waals surface area contributed by atoms with Gasteiger partial charge in [0.15, 0.2) is 5.82 Å². The molecule has 2 rings (SSSR count). The Morgan fingerprint density at radius 3 is 2.95 bits per heavy atom. The fourth-order valence-electron chi connectivity index (χ4n) is 2.19. The van der Waals surface area contributed by atoms with Crippen LogP contribution in [0.5, 0.6) is 0 Å². The molecule has 1 aliphatic heterocycles. The number of hydrogen-bond acceptors (Lipinski definition) is 6. The molecule has 0 spiro atoms. The normalized spacial score (nSPS) is 25.4. The quantitative estimate of drug-likeness (QED) is 0.872. The first-order chi connectivity index (χ1) is 9.20. The molecule has 0 radical (unpaired) electrons. The average molecular weight is 301 g/mol. The molecule has 1 aliphatic rings. The van der Waals surface area contributed by atoms with Gasteiger partial charge >= 0.3 is 0 Å². The van der Waals surface area contributed by atoms with Crippen molar-refractivity contribution in [3.8, 4) is 0 Å². The zero-order valence-corrected chi connectivity index (χ0v) is 13.5. The lowest BCUT2D eigenvalue weighted by molar-refractivity contribution is 0.362. The van der Waals surface area contributed by atoms with Gasteiger partial charge in [-0.25, -0.2) is 0 Å².